The Kier molecular flexibility index (Phi) is 5.86. The molecule has 0 aromatic heterocycles. The van der Waals surface area contributed by atoms with E-state index in [0.29, 0.717) is 19.6 Å². The zero-order chi connectivity index (χ0) is 16.9. The number of hydrogen-bond acceptors (Lipinski definition) is 4. The Morgan fingerprint density at radius 3 is 2.50 bits per heavy atom. The van der Waals surface area contributed by atoms with Crippen molar-refractivity contribution in [1.29, 1.82) is 0 Å². The molecule has 2 saturated heterocycles. The van der Waals surface area contributed by atoms with Gasteiger partial charge in [0, 0.05) is 36.3 Å². The van der Waals surface area contributed by atoms with Crippen LogP contribution in [-0.4, -0.2) is 66.9 Å². The van der Waals surface area contributed by atoms with Gasteiger partial charge in [0.15, 0.2) is 0 Å². The number of amides is 2. The summed E-state index contributed by atoms with van der Waals surface area (Å²) in [6.07, 6.45) is 2.02. The highest BCUT2D eigenvalue weighted by Gasteiger charge is 2.29. The third-order valence-corrected chi connectivity index (χ3v) is 5.07. The van der Waals surface area contributed by atoms with E-state index >= 15 is 0 Å². The van der Waals surface area contributed by atoms with Gasteiger partial charge in [0.1, 0.15) is 0 Å². The average molecular weight is 395 g/mol. The fraction of sp³-hybridized carbons (Fsp3) is 0.529. The largest absolute Gasteiger partial charge is 0.339 e. The number of rotatable bonds is 4. The summed E-state index contributed by atoms with van der Waals surface area (Å²) in [4.78, 5) is 28.5. The third kappa shape index (κ3) is 4.55. The second-order valence-corrected chi connectivity index (χ2v) is 7.22. The number of benzene rings is 1. The van der Waals surface area contributed by atoms with E-state index in [2.05, 4.69) is 31.5 Å². The Morgan fingerprint density at radius 2 is 1.88 bits per heavy atom. The second-order valence-electron chi connectivity index (χ2n) is 6.31. The Bertz CT molecular complexity index is 579. The molecule has 1 unspecified atom stereocenters. The summed E-state index contributed by atoms with van der Waals surface area (Å²) < 4.78 is 0.984. The molecule has 0 aliphatic carbocycles. The van der Waals surface area contributed by atoms with Crippen LogP contribution in [0.5, 0.6) is 0 Å². The molecule has 0 saturated carbocycles. The van der Waals surface area contributed by atoms with E-state index in [9.17, 15) is 9.59 Å². The quantitative estimate of drug-likeness (QED) is 0.807. The topological polar surface area (TPSA) is 64.7 Å². The predicted molar refractivity (Wildman–Crippen MR) is 96.8 cm³/mol. The average Bonchev–Trinajstić information content (AvgIpc) is 3.11. The van der Waals surface area contributed by atoms with Gasteiger partial charge in [-0.2, -0.15) is 0 Å². The molecule has 0 bridgehead atoms. The van der Waals surface area contributed by atoms with Crippen LogP contribution in [0.3, 0.4) is 0 Å². The molecule has 24 heavy (non-hydrogen) atoms. The molecule has 1 aromatic rings. The van der Waals surface area contributed by atoms with Crippen LogP contribution in [0, 0.1) is 0 Å². The predicted octanol–water partition coefficient (Wildman–Crippen LogP) is 1.28. The number of hydrogen-bond donors (Lipinski definition) is 2. The fourth-order valence-corrected chi connectivity index (χ4v) is 3.44. The molecule has 1 aromatic carbocycles. The summed E-state index contributed by atoms with van der Waals surface area (Å²) >= 11 is 3.38. The summed E-state index contributed by atoms with van der Waals surface area (Å²) in [6.45, 7) is 4.18. The van der Waals surface area contributed by atoms with Crippen LogP contribution in [0.25, 0.3) is 0 Å². The van der Waals surface area contributed by atoms with Crippen LogP contribution in [0.4, 0.5) is 5.69 Å². The Labute approximate surface area is 150 Å². The first kappa shape index (κ1) is 17.4. The molecular weight excluding hydrogens is 372 g/mol. The number of nitrogens with one attached hydrogen (secondary N) is 2. The molecule has 0 radical (unpaired) electrons. The van der Waals surface area contributed by atoms with Crippen molar-refractivity contribution in [3.05, 3.63) is 28.7 Å². The maximum absolute atomic E-state index is 12.4. The second kappa shape index (κ2) is 8.09. The SMILES string of the molecule is O=C(CN1CCN(C(=O)C2CCCN2)CC1)Nc1ccc(Br)cc1. The summed E-state index contributed by atoms with van der Waals surface area (Å²) in [6, 6.07) is 7.53. The van der Waals surface area contributed by atoms with Crippen molar-refractivity contribution in [3.63, 3.8) is 0 Å². The van der Waals surface area contributed by atoms with Gasteiger partial charge in [-0.15, -0.1) is 0 Å². The Morgan fingerprint density at radius 1 is 1.17 bits per heavy atom. The van der Waals surface area contributed by atoms with E-state index in [4.69, 9.17) is 0 Å². The van der Waals surface area contributed by atoms with E-state index in [1.807, 2.05) is 29.2 Å². The van der Waals surface area contributed by atoms with Crippen LogP contribution >= 0.6 is 15.9 Å². The summed E-state index contributed by atoms with van der Waals surface area (Å²) in [5.74, 6) is 0.195. The lowest BCUT2D eigenvalue weighted by Crippen LogP contribution is -2.54. The Hall–Kier alpha value is -1.44. The third-order valence-electron chi connectivity index (χ3n) is 4.54. The van der Waals surface area contributed by atoms with Gasteiger partial charge in [-0.1, -0.05) is 15.9 Å². The highest BCUT2D eigenvalue weighted by Crippen LogP contribution is 2.14. The number of anilines is 1. The van der Waals surface area contributed by atoms with Gasteiger partial charge in [-0.05, 0) is 43.7 Å². The maximum Gasteiger partial charge on any atom is 0.239 e. The van der Waals surface area contributed by atoms with Gasteiger partial charge in [-0.25, -0.2) is 0 Å². The van der Waals surface area contributed by atoms with Gasteiger partial charge in [0.2, 0.25) is 11.8 Å². The minimum atomic E-state index is -0.0189. The van der Waals surface area contributed by atoms with Crippen molar-refractivity contribution in [2.24, 2.45) is 0 Å². The fourth-order valence-electron chi connectivity index (χ4n) is 3.18. The number of carbonyl (C=O) groups excluding carboxylic acids is 2. The molecule has 2 fully saturated rings. The van der Waals surface area contributed by atoms with Gasteiger partial charge in [0.05, 0.1) is 12.6 Å². The molecule has 2 amide bonds. The maximum atomic E-state index is 12.4. The van der Waals surface area contributed by atoms with Crippen LogP contribution in [0.2, 0.25) is 0 Å². The molecule has 130 valence electrons. The molecule has 6 nitrogen and oxygen atoms in total. The molecular formula is C17H23BrN4O2. The van der Waals surface area contributed by atoms with E-state index in [1.165, 1.54) is 0 Å². The minimum Gasteiger partial charge on any atom is -0.339 e. The van der Waals surface area contributed by atoms with E-state index in [0.717, 1.165) is 42.6 Å². The molecule has 2 N–H and O–H groups in total. The number of nitrogens with zero attached hydrogens (tertiary/aromatic N) is 2. The lowest BCUT2D eigenvalue weighted by Gasteiger charge is -2.35. The van der Waals surface area contributed by atoms with Gasteiger partial charge in [-0.3, -0.25) is 14.5 Å². The van der Waals surface area contributed by atoms with Gasteiger partial charge >= 0.3 is 0 Å². The van der Waals surface area contributed by atoms with E-state index in [-0.39, 0.29) is 17.9 Å². The summed E-state index contributed by atoms with van der Waals surface area (Å²) in [5.41, 5.74) is 0.796. The number of halogens is 1. The zero-order valence-electron chi connectivity index (χ0n) is 13.6. The van der Waals surface area contributed by atoms with E-state index < -0.39 is 0 Å². The van der Waals surface area contributed by atoms with Gasteiger partial charge < -0.3 is 15.5 Å². The van der Waals surface area contributed by atoms with Crippen molar-refractivity contribution in [2.45, 2.75) is 18.9 Å². The molecule has 0 spiro atoms. The van der Waals surface area contributed by atoms with E-state index in [1.54, 1.807) is 0 Å². The molecule has 1 atom stereocenters. The highest BCUT2D eigenvalue weighted by molar-refractivity contribution is 9.10. The molecule has 3 rings (SSSR count). The minimum absolute atomic E-state index is 0.00254. The molecule has 7 heteroatoms. The van der Waals surface area contributed by atoms with Crippen molar-refractivity contribution in [3.8, 4) is 0 Å². The van der Waals surface area contributed by atoms with Crippen molar-refractivity contribution in [1.82, 2.24) is 15.1 Å². The molecule has 2 aliphatic heterocycles. The van der Waals surface area contributed by atoms with Crippen LogP contribution in [0.15, 0.2) is 28.7 Å². The van der Waals surface area contributed by atoms with Crippen LogP contribution in [0.1, 0.15) is 12.8 Å². The normalized spacial score (nSPS) is 21.7. The first-order valence-corrected chi connectivity index (χ1v) is 9.21. The van der Waals surface area contributed by atoms with Crippen molar-refractivity contribution in [2.75, 3.05) is 44.6 Å². The zero-order valence-corrected chi connectivity index (χ0v) is 15.2. The number of carbonyl (C=O) groups is 2. The highest BCUT2D eigenvalue weighted by atomic mass is 79.9. The summed E-state index contributed by atoms with van der Waals surface area (Å²) in [5, 5.41) is 6.16. The smallest absolute Gasteiger partial charge is 0.239 e. The van der Waals surface area contributed by atoms with Gasteiger partial charge in [0.25, 0.3) is 0 Å². The molecule has 2 aliphatic rings. The lowest BCUT2D eigenvalue weighted by atomic mass is 10.2. The summed E-state index contributed by atoms with van der Waals surface area (Å²) in [7, 11) is 0. The number of piperazine rings is 1. The first-order valence-electron chi connectivity index (χ1n) is 8.42. The van der Waals surface area contributed by atoms with Crippen molar-refractivity contribution >= 4 is 33.4 Å². The van der Waals surface area contributed by atoms with Crippen molar-refractivity contribution < 1.29 is 9.59 Å². The Balaban J connectivity index is 1.42. The van der Waals surface area contributed by atoms with Crippen LogP contribution in [-0.2, 0) is 9.59 Å². The lowest BCUT2D eigenvalue weighted by molar-refractivity contribution is -0.135. The van der Waals surface area contributed by atoms with Crippen LogP contribution < -0.4 is 10.6 Å². The standard InChI is InChI=1S/C17H23BrN4O2/c18-13-3-5-14(6-4-13)20-16(23)12-21-8-10-22(11-9-21)17(24)15-2-1-7-19-15/h3-6,15,19H,1-2,7-12H2,(H,20,23). The molecule has 2 heterocycles. The monoisotopic (exact) mass is 394 g/mol. The first-order chi connectivity index (χ1) is 11.6.